The van der Waals surface area contributed by atoms with Crippen molar-refractivity contribution in [2.24, 2.45) is 0 Å². The average molecular weight is 348 g/mol. The van der Waals surface area contributed by atoms with Crippen LogP contribution in [0.3, 0.4) is 0 Å². The number of hydrogen-bond donors (Lipinski definition) is 1. The summed E-state index contributed by atoms with van der Waals surface area (Å²) in [6.07, 6.45) is 4.53. The summed E-state index contributed by atoms with van der Waals surface area (Å²) in [5.74, 6) is 0. The summed E-state index contributed by atoms with van der Waals surface area (Å²) in [6.45, 7) is 5.94. The molecule has 1 aromatic carbocycles. The van der Waals surface area contributed by atoms with Crippen molar-refractivity contribution in [2.75, 3.05) is 40.4 Å². The summed E-state index contributed by atoms with van der Waals surface area (Å²) in [5.41, 5.74) is 2.40. The molecule has 0 aromatic heterocycles. The summed E-state index contributed by atoms with van der Waals surface area (Å²) < 4.78 is 5.14. The van der Waals surface area contributed by atoms with E-state index in [1.165, 1.54) is 24.8 Å². The number of carbonyl (C=O) groups is 1. The fourth-order valence-corrected chi connectivity index (χ4v) is 3.28. The van der Waals surface area contributed by atoms with Gasteiger partial charge in [-0.05, 0) is 45.3 Å². The number of aryl methyl sites for hydroxylation is 1. The van der Waals surface area contributed by atoms with Gasteiger partial charge in [0, 0.05) is 39.4 Å². The van der Waals surface area contributed by atoms with Crippen LogP contribution in [0.5, 0.6) is 0 Å². The molecule has 1 aliphatic rings. The van der Waals surface area contributed by atoms with Crippen molar-refractivity contribution in [3.05, 3.63) is 35.4 Å². The lowest BCUT2D eigenvalue weighted by Gasteiger charge is -2.33. The third kappa shape index (κ3) is 6.67. The number of likely N-dealkylation sites (N-methyl/N-ethyl adjacent to an activating group) is 1. The molecule has 1 fully saturated rings. The summed E-state index contributed by atoms with van der Waals surface area (Å²) in [4.78, 5) is 17.0. The van der Waals surface area contributed by atoms with Gasteiger partial charge >= 0.3 is 6.03 Å². The number of methoxy groups -OCH3 is 1. The van der Waals surface area contributed by atoms with E-state index in [9.17, 15) is 4.79 Å². The normalized spacial score (nSPS) is 18.1. The molecule has 1 aliphatic heterocycles. The highest BCUT2D eigenvalue weighted by Crippen LogP contribution is 2.14. The maximum Gasteiger partial charge on any atom is 0.317 e. The summed E-state index contributed by atoms with van der Waals surface area (Å²) in [6, 6.07) is 8.87. The van der Waals surface area contributed by atoms with Crippen molar-refractivity contribution < 1.29 is 9.53 Å². The number of piperidine rings is 1. The second-order valence-electron chi connectivity index (χ2n) is 7.07. The molecule has 1 N–H and O–H groups in total. The van der Waals surface area contributed by atoms with Crippen LogP contribution in [0.2, 0.25) is 0 Å². The van der Waals surface area contributed by atoms with Crippen molar-refractivity contribution >= 4 is 6.03 Å². The van der Waals surface area contributed by atoms with E-state index in [0.717, 1.165) is 25.1 Å². The van der Waals surface area contributed by atoms with E-state index in [-0.39, 0.29) is 6.03 Å². The Balaban J connectivity index is 1.90. The second-order valence-corrected chi connectivity index (χ2v) is 7.07. The van der Waals surface area contributed by atoms with Gasteiger partial charge in [0.05, 0.1) is 0 Å². The molecule has 140 valence electrons. The minimum Gasteiger partial charge on any atom is -0.385 e. The molecule has 1 heterocycles. The third-order valence-electron chi connectivity index (χ3n) is 4.97. The van der Waals surface area contributed by atoms with Crippen LogP contribution >= 0.6 is 0 Å². The van der Waals surface area contributed by atoms with Crippen LogP contribution in [0, 0.1) is 6.92 Å². The Morgan fingerprint density at radius 2 is 2.08 bits per heavy atom. The van der Waals surface area contributed by atoms with Gasteiger partial charge in [-0.15, -0.1) is 0 Å². The quantitative estimate of drug-likeness (QED) is 0.735. The number of hydrogen-bond acceptors (Lipinski definition) is 3. The van der Waals surface area contributed by atoms with E-state index >= 15 is 0 Å². The molecule has 0 radical (unpaired) electrons. The number of benzene rings is 1. The smallest absolute Gasteiger partial charge is 0.317 e. The van der Waals surface area contributed by atoms with Crippen molar-refractivity contribution in [1.82, 2.24) is 15.1 Å². The van der Waals surface area contributed by atoms with Crippen LogP contribution in [0.25, 0.3) is 0 Å². The number of likely N-dealkylation sites (tertiary alicyclic amines) is 1. The van der Waals surface area contributed by atoms with Crippen LogP contribution in [-0.4, -0.2) is 62.3 Å². The molecule has 2 amide bonds. The van der Waals surface area contributed by atoms with Crippen LogP contribution < -0.4 is 5.32 Å². The number of rotatable bonds is 8. The van der Waals surface area contributed by atoms with Crippen molar-refractivity contribution in [3.8, 4) is 0 Å². The van der Waals surface area contributed by atoms with E-state index in [4.69, 9.17) is 4.74 Å². The van der Waals surface area contributed by atoms with Gasteiger partial charge in [0.15, 0.2) is 0 Å². The van der Waals surface area contributed by atoms with Gasteiger partial charge in [-0.1, -0.05) is 36.2 Å². The molecule has 1 aromatic rings. The van der Waals surface area contributed by atoms with Crippen molar-refractivity contribution in [3.63, 3.8) is 0 Å². The van der Waals surface area contributed by atoms with Gasteiger partial charge in [-0.25, -0.2) is 4.79 Å². The highest BCUT2D eigenvalue weighted by molar-refractivity contribution is 5.74. The van der Waals surface area contributed by atoms with E-state index in [1.807, 2.05) is 4.90 Å². The molecule has 1 atom stereocenters. The first-order valence-corrected chi connectivity index (χ1v) is 9.37. The fraction of sp³-hybridized carbons (Fsp3) is 0.650. The monoisotopic (exact) mass is 347 g/mol. The third-order valence-corrected chi connectivity index (χ3v) is 4.97. The topological polar surface area (TPSA) is 44.8 Å². The van der Waals surface area contributed by atoms with Gasteiger partial charge in [-0.3, -0.25) is 0 Å². The molecule has 0 aliphatic carbocycles. The zero-order chi connectivity index (χ0) is 18.1. The van der Waals surface area contributed by atoms with Crippen LogP contribution in [0.15, 0.2) is 24.3 Å². The molecular formula is C20H33N3O2. The summed E-state index contributed by atoms with van der Waals surface area (Å²) in [7, 11) is 3.85. The average Bonchev–Trinajstić information content (AvgIpc) is 2.62. The van der Waals surface area contributed by atoms with E-state index < -0.39 is 0 Å². The molecule has 0 spiro atoms. The molecule has 2 rings (SSSR count). The standard InChI is InChI=1S/C20H33N3O2/c1-17-8-10-18(11-9-17)16-23(13-6-14-25-3)20(24)21-15-19-7-4-5-12-22(19)2/h8-11,19H,4-7,12-16H2,1-3H3,(H,21,24)/t19-/m1/s1. The van der Waals surface area contributed by atoms with Gasteiger partial charge < -0.3 is 19.9 Å². The van der Waals surface area contributed by atoms with Crippen LogP contribution in [0.1, 0.15) is 36.8 Å². The summed E-state index contributed by atoms with van der Waals surface area (Å²) in [5, 5.41) is 3.15. The van der Waals surface area contributed by atoms with Gasteiger partial charge in [0.1, 0.15) is 0 Å². The first kappa shape index (κ1) is 19.7. The fourth-order valence-electron chi connectivity index (χ4n) is 3.28. The Morgan fingerprint density at radius 3 is 2.76 bits per heavy atom. The highest BCUT2D eigenvalue weighted by Gasteiger charge is 2.21. The Labute approximate surface area is 152 Å². The molecule has 25 heavy (non-hydrogen) atoms. The number of nitrogens with one attached hydrogen (secondary N) is 1. The lowest BCUT2D eigenvalue weighted by Crippen LogP contribution is -2.48. The van der Waals surface area contributed by atoms with Crippen molar-refractivity contribution in [1.29, 1.82) is 0 Å². The maximum absolute atomic E-state index is 12.7. The lowest BCUT2D eigenvalue weighted by atomic mass is 10.0. The van der Waals surface area contributed by atoms with Gasteiger partial charge in [0.25, 0.3) is 0 Å². The predicted molar refractivity (Wildman–Crippen MR) is 102 cm³/mol. The largest absolute Gasteiger partial charge is 0.385 e. The van der Waals surface area contributed by atoms with E-state index in [1.54, 1.807) is 7.11 Å². The number of ether oxygens (including phenoxy) is 1. The van der Waals surface area contributed by atoms with Gasteiger partial charge in [0.2, 0.25) is 0 Å². The van der Waals surface area contributed by atoms with E-state index in [2.05, 4.69) is 48.5 Å². The highest BCUT2D eigenvalue weighted by atomic mass is 16.5. The number of carbonyl (C=O) groups excluding carboxylic acids is 1. The van der Waals surface area contributed by atoms with E-state index in [0.29, 0.717) is 25.7 Å². The maximum atomic E-state index is 12.7. The Kier molecular flexibility index (Phi) is 8.22. The molecule has 0 bridgehead atoms. The minimum absolute atomic E-state index is 0.0238. The molecule has 1 saturated heterocycles. The molecular weight excluding hydrogens is 314 g/mol. The Bertz CT molecular complexity index is 518. The Morgan fingerprint density at radius 1 is 1.32 bits per heavy atom. The zero-order valence-electron chi connectivity index (χ0n) is 16.0. The van der Waals surface area contributed by atoms with Crippen LogP contribution in [-0.2, 0) is 11.3 Å². The molecule has 5 nitrogen and oxygen atoms in total. The second kappa shape index (κ2) is 10.4. The summed E-state index contributed by atoms with van der Waals surface area (Å²) >= 11 is 0. The number of urea groups is 1. The van der Waals surface area contributed by atoms with Crippen LogP contribution in [0.4, 0.5) is 4.79 Å². The molecule has 5 heteroatoms. The molecule has 0 unspecified atom stereocenters. The first-order chi connectivity index (χ1) is 12.1. The minimum atomic E-state index is 0.0238. The number of amides is 2. The van der Waals surface area contributed by atoms with Gasteiger partial charge in [-0.2, -0.15) is 0 Å². The van der Waals surface area contributed by atoms with Crippen molar-refractivity contribution in [2.45, 2.75) is 45.2 Å². The number of nitrogens with zero attached hydrogens (tertiary/aromatic N) is 2. The zero-order valence-corrected chi connectivity index (χ0v) is 16.0. The molecule has 0 saturated carbocycles. The predicted octanol–water partition coefficient (Wildman–Crippen LogP) is 3.03. The lowest BCUT2D eigenvalue weighted by molar-refractivity contribution is 0.156. The first-order valence-electron chi connectivity index (χ1n) is 9.37. The SMILES string of the molecule is COCCCN(Cc1ccc(C)cc1)C(=O)NC[C@H]1CCCCN1C. The Hall–Kier alpha value is -1.59.